The van der Waals surface area contributed by atoms with E-state index in [0.717, 1.165) is 34.6 Å². The molecule has 6 nitrogen and oxygen atoms in total. The van der Waals surface area contributed by atoms with Crippen molar-refractivity contribution in [2.24, 2.45) is 5.92 Å². The number of phenolic OH excluding ortho intramolecular Hbond substituents is 1. The zero-order valence-corrected chi connectivity index (χ0v) is 19.2. The van der Waals surface area contributed by atoms with Gasteiger partial charge in [0.1, 0.15) is 17.3 Å². The summed E-state index contributed by atoms with van der Waals surface area (Å²) in [7, 11) is 0. The SMILES string of the molecule is CCn1cc(-c2ccnc(CC(C)CNC(=O)c3ccccc3O)c2)c(-c2ccc(F)cc2)n1. The molecule has 4 aromatic rings. The zero-order chi connectivity index (χ0) is 24.1. The van der Waals surface area contributed by atoms with E-state index in [1.54, 1.807) is 36.5 Å². The minimum absolute atomic E-state index is 0.0356. The van der Waals surface area contributed by atoms with Crippen LogP contribution in [0.15, 0.2) is 73.1 Å². The molecule has 7 heteroatoms. The lowest BCUT2D eigenvalue weighted by atomic mass is 9.99. The molecule has 2 N–H and O–H groups in total. The van der Waals surface area contributed by atoms with Gasteiger partial charge in [-0.05, 0) is 73.4 Å². The summed E-state index contributed by atoms with van der Waals surface area (Å²) < 4.78 is 15.3. The zero-order valence-electron chi connectivity index (χ0n) is 19.2. The molecule has 0 bridgehead atoms. The maximum absolute atomic E-state index is 13.4. The summed E-state index contributed by atoms with van der Waals surface area (Å²) in [6.07, 6.45) is 4.44. The molecule has 0 spiro atoms. The first-order valence-electron chi connectivity index (χ1n) is 11.3. The van der Waals surface area contributed by atoms with Crippen LogP contribution in [0.1, 0.15) is 29.9 Å². The summed E-state index contributed by atoms with van der Waals surface area (Å²) in [4.78, 5) is 16.9. The number of pyridine rings is 1. The number of nitrogens with one attached hydrogen (secondary N) is 1. The molecular weight excluding hydrogens is 431 g/mol. The van der Waals surface area contributed by atoms with Crippen LogP contribution in [-0.4, -0.2) is 32.3 Å². The van der Waals surface area contributed by atoms with Crippen LogP contribution < -0.4 is 5.32 Å². The van der Waals surface area contributed by atoms with Crippen molar-refractivity contribution in [3.63, 3.8) is 0 Å². The van der Waals surface area contributed by atoms with Gasteiger partial charge in [-0.3, -0.25) is 14.5 Å². The van der Waals surface area contributed by atoms with E-state index < -0.39 is 0 Å². The van der Waals surface area contributed by atoms with Crippen LogP contribution in [0.2, 0.25) is 0 Å². The lowest BCUT2D eigenvalue weighted by molar-refractivity contribution is 0.0945. The number of phenols is 1. The highest BCUT2D eigenvalue weighted by Crippen LogP contribution is 2.31. The Morgan fingerprint density at radius 2 is 1.88 bits per heavy atom. The van der Waals surface area contributed by atoms with E-state index in [1.165, 1.54) is 18.2 Å². The highest BCUT2D eigenvalue weighted by molar-refractivity contribution is 5.96. The molecule has 174 valence electrons. The number of halogens is 1. The minimum atomic E-state index is -0.303. The fourth-order valence-corrected chi connectivity index (χ4v) is 3.83. The third-order valence-electron chi connectivity index (χ3n) is 5.65. The number of hydrogen-bond donors (Lipinski definition) is 2. The summed E-state index contributed by atoms with van der Waals surface area (Å²) in [5, 5.41) is 17.4. The topological polar surface area (TPSA) is 80.0 Å². The Labute approximate surface area is 198 Å². The molecule has 0 saturated carbocycles. The highest BCUT2D eigenvalue weighted by atomic mass is 19.1. The molecule has 0 saturated heterocycles. The third kappa shape index (κ3) is 5.31. The average molecular weight is 459 g/mol. The number of benzene rings is 2. The van der Waals surface area contributed by atoms with E-state index >= 15 is 0 Å². The molecular formula is C27H27FN4O2. The number of carbonyl (C=O) groups excluding carboxylic acids is 1. The van der Waals surface area contributed by atoms with Gasteiger partial charge in [0.25, 0.3) is 5.91 Å². The van der Waals surface area contributed by atoms with E-state index in [4.69, 9.17) is 0 Å². The van der Waals surface area contributed by atoms with Crippen molar-refractivity contribution in [1.29, 1.82) is 0 Å². The summed E-state index contributed by atoms with van der Waals surface area (Å²) in [5.41, 5.74) is 4.74. The van der Waals surface area contributed by atoms with Crippen molar-refractivity contribution in [2.75, 3.05) is 6.54 Å². The van der Waals surface area contributed by atoms with Crippen molar-refractivity contribution in [3.8, 4) is 28.1 Å². The van der Waals surface area contributed by atoms with Gasteiger partial charge in [-0.2, -0.15) is 5.10 Å². The van der Waals surface area contributed by atoms with E-state index in [9.17, 15) is 14.3 Å². The predicted octanol–water partition coefficient (Wildman–Crippen LogP) is 5.09. The Morgan fingerprint density at radius 1 is 1.12 bits per heavy atom. The average Bonchev–Trinajstić information content (AvgIpc) is 3.28. The fourth-order valence-electron chi connectivity index (χ4n) is 3.83. The molecule has 34 heavy (non-hydrogen) atoms. The lowest BCUT2D eigenvalue weighted by Gasteiger charge is -2.13. The van der Waals surface area contributed by atoms with Crippen LogP contribution in [0.25, 0.3) is 22.4 Å². The first kappa shape index (κ1) is 23.2. The van der Waals surface area contributed by atoms with Crippen molar-refractivity contribution in [1.82, 2.24) is 20.1 Å². The third-order valence-corrected chi connectivity index (χ3v) is 5.65. The van der Waals surface area contributed by atoms with Crippen LogP contribution >= 0.6 is 0 Å². The Kier molecular flexibility index (Phi) is 7.01. The number of aromatic hydroxyl groups is 1. The van der Waals surface area contributed by atoms with Crippen LogP contribution in [0.3, 0.4) is 0 Å². The van der Waals surface area contributed by atoms with E-state index in [-0.39, 0.29) is 29.0 Å². The molecule has 2 aromatic carbocycles. The van der Waals surface area contributed by atoms with Crippen LogP contribution in [0, 0.1) is 11.7 Å². The smallest absolute Gasteiger partial charge is 0.255 e. The Bertz CT molecular complexity index is 1280. The molecule has 2 aromatic heterocycles. The number of hydrogen-bond acceptors (Lipinski definition) is 4. The predicted molar refractivity (Wildman–Crippen MR) is 130 cm³/mol. The van der Waals surface area contributed by atoms with Gasteiger partial charge < -0.3 is 10.4 Å². The number of amides is 1. The molecule has 1 unspecified atom stereocenters. The lowest BCUT2D eigenvalue weighted by Crippen LogP contribution is -2.29. The summed E-state index contributed by atoms with van der Waals surface area (Å²) in [6, 6.07) is 16.8. The number of nitrogens with zero attached hydrogens (tertiary/aromatic N) is 3. The second-order valence-electron chi connectivity index (χ2n) is 8.33. The Morgan fingerprint density at radius 3 is 2.62 bits per heavy atom. The number of carbonyl (C=O) groups is 1. The monoisotopic (exact) mass is 458 g/mol. The minimum Gasteiger partial charge on any atom is -0.507 e. The maximum atomic E-state index is 13.4. The van der Waals surface area contributed by atoms with E-state index in [1.807, 2.05) is 36.9 Å². The fraction of sp³-hybridized carbons (Fsp3) is 0.222. The standard InChI is InChI=1S/C27H27FN4O2/c1-3-32-17-24(26(31-32)19-8-10-21(28)11-9-19)20-12-13-29-22(15-20)14-18(2)16-30-27(34)23-6-4-5-7-25(23)33/h4-13,15,17-18,33H,3,14,16H2,1-2H3,(H,30,34). The van der Waals surface area contributed by atoms with Gasteiger partial charge in [-0.25, -0.2) is 4.39 Å². The second-order valence-corrected chi connectivity index (χ2v) is 8.33. The maximum Gasteiger partial charge on any atom is 0.255 e. The van der Waals surface area contributed by atoms with Gasteiger partial charge in [0.05, 0.1) is 5.56 Å². The number of aryl methyl sites for hydroxylation is 1. The molecule has 2 heterocycles. The number of rotatable bonds is 8. The van der Waals surface area contributed by atoms with Gasteiger partial charge in [0.2, 0.25) is 0 Å². The molecule has 0 aliphatic rings. The molecule has 0 aliphatic carbocycles. The van der Waals surface area contributed by atoms with E-state index in [0.29, 0.717) is 13.0 Å². The number of para-hydroxylation sites is 1. The molecule has 1 atom stereocenters. The second kappa shape index (κ2) is 10.3. The van der Waals surface area contributed by atoms with E-state index in [2.05, 4.69) is 15.4 Å². The van der Waals surface area contributed by atoms with Crippen molar-refractivity contribution < 1.29 is 14.3 Å². The van der Waals surface area contributed by atoms with Crippen molar-refractivity contribution >= 4 is 5.91 Å². The van der Waals surface area contributed by atoms with Crippen molar-refractivity contribution in [2.45, 2.75) is 26.8 Å². The molecule has 0 aliphatic heterocycles. The molecule has 1 amide bonds. The molecule has 0 radical (unpaired) electrons. The Balaban J connectivity index is 1.49. The van der Waals surface area contributed by atoms with Gasteiger partial charge >= 0.3 is 0 Å². The first-order chi connectivity index (χ1) is 16.4. The number of aromatic nitrogens is 3. The van der Waals surface area contributed by atoms with Crippen LogP contribution in [0.5, 0.6) is 5.75 Å². The van der Waals surface area contributed by atoms with Crippen LogP contribution in [-0.2, 0) is 13.0 Å². The summed E-state index contributed by atoms with van der Waals surface area (Å²) in [5.74, 6) is -0.489. The van der Waals surface area contributed by atoms with Gasteiger partial charge in [-0.15, -0.1) is 0 Å². The van der Waals surface area contributed by atoms with Gasteiger partial charge in [0, 0.05) is 42.3 Å². The van der Waals surface area contributed by atoms with Crippen LogP contribution in [0.4, 0.5) is 4.39 Å². The molecule has 0 fully saturated rings. The first-order valence-corrected chi connectivity index (χ1v) is 11.3. The molecule has 4 rings (SSSR count). The van der Waals surface area contributed by atoms with Gasteiger partial charge in [-0.1, -0.05) is 19.1 Å². The van der Waals surface area contributed by atoms with Crippen molar-refractivity contribution in [3.05, 3.63) is 90.1 Å². The Hall–Kier alpha value is -4.00. The quantitative estimate of drug-likeness (QED) is 0.386. The summed E-state index contributed by atoms with van der Waals surface area (Å²) >= 11 is 0. The summed E-state index contributed by atoms with van der Waals surface area (Å²) in [6.45, 7) is 5.24. The normalized spacial score (nSPS) is 11.9. The highest BCUT2D eigenvalue weighted by Gasteiger charge is 2.16. The largest absolute Gasteiger partial charge is 0.507 e. The van der Waals surface area contributed by atoms with Gasteiger partial charge in [0.15, 0.2) is 0 Å².